The third kappa shape index (κ3) is 2.69. The average molecular weight is 307 g/mol. The highest BCUT2D eigenvalue weighted by Gasteiger charge is 2.43. The van der Waals surface area contributed by atoms with Crippen LogP contribution < -0.4 is 5.32 Å². The predicted molar refractivity (Wildman–Crippen MR) is 69.4 cm³/mol. The molecule has 3 nitrogen and oxygen atoms in total. The van der Waals surface area contributed by atoms with Crippen LogP contribution in [-0.2, 0) is 16.0 Å². The number of sulfone groups is 1. The standard InChI is InChI=1S/C13H16F3NO2S/c1-8(17-2)6-9-7-20(18,19)11-5-3-4-10(12(9)11)13(14,15)16/h3-5,8-9,17H,6-7H2,1-2H3. The Morgan fingerprint density at radius 3 is 2.60 bits per heavy atom. The summed E-state index contributed by atoms with van der Waals surface area (Å²) in [7, 11) is -1.92. The molecule has 1 aromatic carbocycles. The molecular weight excluding hydrogens is 291 g/mol. The lowest BCUT2D eigenvalue weighted by molar-refractivity contribution is -0.138. The van der Waals surface area contributed by atoms with Crippen molar-refractivity contribution < 1.29 is 21.6 Å². The second kappa shape index (κ2) is 5.04. The molecule has 1 aliphatic rings. The van der Waals surface area contributed by atoms with E-state index in [2.05, 4.69) is 5.32 Å². The topological polar surface area (TPSA) is 46.2 Å². The highest BCUT2D eigenvalue weighted by atomic mass is 32.2. The van der Waals surface area contributed by atoms with Gasteiger partial charge in [-0.15, -0.1) is 0 Å². The molecule has 1 heterocycles. The van der Waals surface area contributed by atoms with Gasteiger partial charge in [0, 0.05) is 12.0 Å². The van der Waals surface area contributed by atoms with Crippen molar-refractivity contribution in [3.8, 4) is 0 Å². The number of halogens is 3. The SMILES string of the molecule is CNC(C)CC1CS(=O)(=O)c2cccc(C(F)(F)F)c21. The van der Waals surface area contributed by atoms with Crippen LogP contribution in [0, 0.1) is 0 Å². The van der Waals surface area contributed by atoms with E-state index in [1.54, 1.807) is 7.05 Å². The number of nitrogens with one attached hydrogen (secondary N) is 1. The van der Waals surface area contributed by atoms with Crippen molar-refractivity contribution in [2.75, 3.05) is 12.8 Å². The van der Waals surface area contributed by atoms with Crippen molar-refractivity contribution >= 4 is 9.84 Å². The molecule has 2 unspecified atom stereocenters. The Balaban J connectivity index is 2.57. The first-order valence-electron chi connectivity index (χ1n) is 6.27. The van der Waals surface area contributed by atoms with Crippen molar-refractivity contribution in [2.24, 2.45) is 0 Å². The van der Waals surface area contributed by atoms with Gasteiger partial charge in [0.15, 0.2) is 9.84 Å². The first kappa shape index (κ1) is 15.3. The maximum absolute atomic E-state index is 13.1. The third-order valence-corrected chi connectivity index (χ3v) is 5.53. The number of fused-ring (bicyclic) bond motifs is 1. The van der Waals surface area contributed by atoms with Crippen LogP contribution in [0.2, 0.25) is 0 Å². The monoisotopic (exact) mass is 307 g/mol. The molecule has 0 spiro atoms. The third-order valence-electron chi connectivity index (χ3n) is 3.67. The smallest absolute Gasteiger partial charge is 0.317 e. The Morgan fingerprint density at radius 1 is 1.40 bits per heavy atom. The molecule has 0 aromatic heterocycles. The molecule has 0 aliphatic carbocycles. The van der Waals surface area contributed by atoms with E-state index in [4.69, 9.17) is 0 Å². The van der Waals surface area contributed by atoms with Gasteiger partial charge < -0.3 is 5.32 Å². The first-order valence-corrected chi connectivity index (χ1v) is 7.92. The van der Waals surface area contributed by atoms with Gasteiger partial charge in [-0.3, -0.25) is 0 Å². The summed E-state index contributed by atoms with van der Waals surface area (Å²) in [6, 6.07) is 3.33. The van der Waals surface area contributed by atoms with Gasteiger partial charge in [-0.25, -0.2) is 8.42 Å². The molecule has 112 valence electrons. The van der Waals surface area contributed by atoms with Crippen LogP contribution in [0.25, 0.3) is 0 Å². The molecule has 0 bridgehead atoms. The van der Waals surface area contributed by atoms with Crippen molar-refractivity contribution in [3.63, 3.8) is 0 Å². The van der Waals surface area contributed by atoms with Gasteiger partial charge in [-0.1, -0.05) is 6.07 Å². The quantitative estimate of drug-likeness (QED) is 0.933. The summed E-state index contributed by atoms with van der Waals surface area (Å²) in [6.07, 6.45) is -4.18. The van der Waals surface area contributed by atoms with Gasteiger partial charge in [0.2, 0.25) is 0 Å². The summed E-state index contributed by atoms with van der Waals surface area (Å²) in [5, 5.41) is 2.93. The normalized spacial score (nSPS) is 22.6. The van der Waals surface area contributed by atoms with E-state index in [0.717, 1.165) is 12.1 Å². The maximum Gasteiger partial charge on any atom is 0.416 e. The summed E-state index contributed by atoms with van der Waals surface area (Å²) in [6.45, 7) is 1.82. The van der Waals surface area contributed by atoms with Crippen molar-refractivity contribution in [3.05, 3.63) is 29.3 Å². The molecule has 20 heavy (non-hydrogen) atoms. The highest BCUT2D eigenvalue weighted by molar-refractivity contribution is 7.91. The second-order valence-corrected chi connectivity index (χ2v) is 7.12. The zero-order chi connectivity index (χ0) is 15.1. The Labute approximate surface area is 116 Å². The largest absolute Gasteiger partial charge is 0.416 e. The van der Waals surface area contributed by atoms with Crippen molar-refractivity contribution in [2.45, 2.75) is 36.4 Å². The minimum absolute atomic E-state index is 0.0533. The summed E-state index contributed by atoms with van der Waals surface area (Å²) in [5.74, 6) is -0.864. The van der Waals surface area contributed by atoms with E-state index < -0.39 is 27.5 Å². The predicted octanol–water partition coefficient (Wildman–Crippen LogP) is 2.57. The van der Waals surface area contributed by atoms with Crippen LogP contribution in [0.4, 0.5) is 13.2 Å². The fourth-order valence-electron chi connectivity index (χ4n) is 2.65. The minimum Gasteiger partial charge on any atom is -0.317 e. The second-order valence-electron chi connectivity index (χ2n) is 5.12. The summed E-state index contributed by atoms with van der Waals surface area (Å²) < 4.78 is 63.3. The summed E-state index contributed by atoms with van der Waals surface area (Å²) in [5.41, 5.74) is -0.897. The van der Waals surface area contributed by atoms with Crippen molar-refractivity contribution in [1.29, 1.82) is 0 Å². The van der Waals surface area contributed by atoms with Crippen molar-refractivity contribution in [1.82, 2.24) is 5.32 Å². The van der Waals surface area contributed by atoms with Gasteiger partial charge >= 0.3 is 6.18 Å². The Kier molecular flexibility index (Phi) is 3.85. The molecule has 0 saturated carbocycles. The minimum atomic E-state index is -4.54. The number of benzene rings is 1. The molecule has 1 N–H and O–H groups in total. The van der Waals surface area contributed by atoms with Crippen LogP contribution in [0.15, 0.2) is 23.1 Å². The number of rotatable bonds is 3. The molecule has 0 saturated heterocycles. The van der Waals surface area contributed by atoms with Crippen LogP contribution >= 0.6 is 0 Å². The van der Waals surface area contributed by atoms with Gasteiger partial charge in [0.05, 0.1) is 16.2 Å². The summed E-state index contributed by atoms with van der Waals surface area (Å²) >= 11 is 0. The molecular formula is C13H16F3NO2S. The number of hydrogen-bond donors (Lipinski definition) is 1. The highest BCUT2D eigenvalue weighted by Crippen LogP contribution is 2.44. The van der Waals surface area contributed by atoms with Crippen LogP contribution in [-0.4, -0.2) is 27.3 Å². The lowest BCUT2D eigenvalue weighted by Gasteiger charge is -2.19. The fraction of sp³-hybridized carbons (Fsp3) is 0.538. The first-order chi connectivity index (χ1) is 9.16. The molecule has 0 amide bonds. The van der Waals surface area contributed by atoms with Gasteiger partial charge in [0.25, 0.3) is 0 Å². The van der Waals surface area contributed by atoms with Gasteiger partial charge in [0.1, 0.15) is 0 Å². The Bertz CT molecular complexity index is 611. The van der Waals surface area contributed by atoms with E-state index in [1.807, 2.05) is 6.92 Å². The lowest BCUT2D eigenvalue weighted by atomic mass is 9.90. The zero-order valence-corrected chi connectivity index (χ0v) is 12.0. The summed E-state index contributed by atoms with van der Waals surface area (Å²) in [4.78, 5) is -0.166. The van der Waals surface area contributed by atoms with E-state index in [1.165, 1.54) is 6.07 Å². The van der Waals surface area contributed by atoms with E-state index in [0.29, 0.717) is 6.42 Å². The average Bonchev–Trinajstić information content (AvgIpc) is 2.60. The molecule has 1 aliphatic heterocycles. The maximum atomic E-state index is 13.1. The molecule has 2 rings (SSSR count). The number of hydrogen-bond acceptors (Lipinski definition) is 3. The van der Waals surface area contributed by atoms with Gasteiger partial charge in [-0.2, -0.15) is 13.2 Å². The number of alkyl halides is 3. The molecule has 0 fully saturated rings. The van der Waals surface area contributed by atoms with Crippen LogP contribution in [0.5, 0.6) is 0 Å². The van der Waals surface area contributed by atoms with Gasteiger partial charge in [-0.05, 0) is 38.1 Å². The van der Waals surface area contributed by atoms with E-state index in [-0.39, 0.29) is 22.3 Å². The van der Waals surface area contributed by atoms with E-state index >= 15 is 0 Å². The lowest BCUT2D eigenvalue weighted by Crippen LogP contribution is -2.25. The Morgan fingerprint density at radius 2 is 2.05 bits per heavy atom. The van der Waals surface area contributed by atoms with Crippen LogP contribution in [0.1, 0.15) is 30.4 Å². The van der Waals surface area contributed by atoms with E-state index in [9.17, 15) is 21.6 Å². The molecule has 0 radical (unpaired) electrons. The Hall–Kier alpha value is -1.08. The molecule has 2 atom stereocenters. The zero-order valence-electron chi connectivity index (χ0n) is 11.2. The van der Waals surface area contributed by atoms with Crippen LogP contribution in [0.3, 0.4) is 0 Å². The molecule has 1 aromatic rings. The molecule has 7 heteroatoms. The fourth-order valence-corrected chi connectivity index (χ4v) is 4.56.